The minimum Gasteiger partial charge on any atom is -0.466 e. The predicted molar refractivity (Wildman–Crippen MR) is 70.0 cm³/mol. The summed E-state index contributed by atoms with van der Waals surface area (Å²) in [5.41, 5.74) is 1.55. The van der Waals surface area contributed by atoms with Gasteiger partial charge in [0.2, 0.25) is 0 Å². The maximum atomic E-state index is 11.9. The molecule has 0 aromatic carbocycles. The Morgan fingerprint density at radius 2 is 2.37 bits per heavy atom. The average Bonchev–Trinajstić information content (AvgIpc) is 2.97. The molecule has 1 amide bonds. The zero-order valence-electron chi connectivity index (χ0n) is 10.9. The van der Waals surface area contributed by atoms with E-state index in [0.29, 0.717) is 24.6 Å². The molecule has 19 heavy (non-hydrogen) atoms. The Kier molecular flexibility index (Phi) is 3.11. The molecule has 0 aliphatic heterocycles. The Labute approximate surface area is 111 Å². The van der Waals surface area contributed by atoms with Crippen molar-refractivity contribution in [3.05, 3.63) is 41.1 Å². The van der Waals surface area contributed by atoms with E-state index in [1.807, 2.05) is 25.1 Å². The van der Waals surface area contributed by atoms with Crippen molar-refractivity contribution in [3.63, 3.8) is 0 Å². The molecule has 1 aliphatic carbocycles. The van der Waals surface area contributed by atoms with Crippen LogP contribution in [-0.4, -0.2) is 22.6 Å². The largest absolute Gasteiger partial charge is 0.466 e. The lowest BCUT2D eigenvalue weighted by atomic mass is 10.2. The highest BCUT2D eigenvalue weighted by Crippen LogP contribution is 2.38. The third-order valence-electron chi connectivity index (χ3n) is 3.30. The Balaban J connectivity index is 1.50. The van der Waals surface area contributed by atoms with Crippen LogP contribution in [0.2, 0.25) is 0 Å². The number of amides is 1. The van der Waals surface area contributed by atoms with Crippen LogP contribution in [0.4, 0.5) is 0 Å². The smallest absolute Gasteiger partial charge is 0.271 e. The van der Waals surface area contributed by atoms with Gasteiger partial charge in [-0.3, -0.25) is 9.89 Å². The maximum Gasteiger partial charge on any atom is 0.271 e. The highest BCUT2D eigenvalue weighted by atomic mass is 16.3. The molecular weight excluding hydrogens is 242 g/mol. The van der Waals surface area contributed by atoms with Gasteiger partial charge < -0.3 is 9.73 Å². The molecule has 100 valence electrons. The van der Waals surface area contributed by atoms with Crippen molar-refractivity contribution < 1.29 is 9.21 Å². The van der Waals surface area contributed by atoms with Gasteiger partial charge in [0.1, 0.15) is 17.2 Å². The van der Waals surface area contributed by atoms with E-state index in [1.165, 1.54) is 12.8 Å². The molecule has 5 nitrogen and oxygen atoms in total. The fraction of sp³-hybridized carbons (Fsp3) is 0.429. The number of aryl methyl sites for hydroxylation is 1. The van der Waals surface area contributed by atoms with E-state index in [1.54, 1.807) is 0 Å². The van der Waals surface area contributed by atoms with Crippen molar-refractivity contribution in [2.45, 2.75) is 32.1 Å². The summed E-state index contributed by atoms with van der Waals surface area (Å²) in [5, 5.41) is 9.83. The van der Waals surface area contributed by atoms with Gasteiger partial charge in [-0.05, 0) is 38.0 Å². The third-order valence-corrected chi connectivity index (χ3v) is 3.30. The first-order chi connectivity index (χ1) is 9.22. The summed E-state index contributed by atoms with van der Waals surface area (Å²) in [7, 11) is 0. The summed E-state index contributed by atoms with van der Waals surface area (Å²) >= 11 is 0. The van der Waals surface area contributed by atoms with Gasteiger partial charge in [0.15, 0.2) is 0 Å². The van der Waals surface area contributed by atoms with Gasteiger partial charge in [-0.2, -0.15) is 5.10 Å². The monoisotopic (exact) mass is 259 g/mol. The van der Waals surface area contributed by atoms with Crippen LogP contribution in [-0.2, 0) is 6.42 Å². The second kappa shape index (κ2) is 4.91. The van der Waals surface area contributed by atoms with Crippen molar-refractivity contribution in [2.75, 3.05) is 6.54 Å². The number of nitrogens with zero attached hydrogens (tertiary/aromatic N) is 1. The van der Waals surface area contributed by atoms with Gasteiger partial charge in [-0.25, -0.2) is 0 Å². The van der Waals surface area contributed by atoms with Crippen LogP contribution in [0.5, 0.6) is 0 Å². The van der Waals surface area contributed by atoms with Crippen LogP contribution in [0.25, 0.3) is 0 Å². The summed E-state index contributed by atoms with van der Waals surface area (Å²) in [6, 6.07) is 5.71. The Hall–Kier alpha value is -2.04. The molecule has 0 atom stereocenters. The molecule has 3 rings (SSSR count). The molecule has 1 aliphatic rings. The van der Waals surface area contributed by atoms with Crippen LogP contribution < -0.4 is 5.32 Å². The number of aromatic nitrogens is 2. The molecule has 1 fully saturated rings. The molecule has 0 radical (unpaired) electrons. The van der Waals surface area contributed by atoms with Crippen molar-refractivity contribution in [1.29, 1.82) is 0 Å². The minimum atomic E-state index is -0.133. The molecule has 0 unspecified atom stereocenters. The van der Waals surface area contributed by atoms with Crippen LogP contribution in [0.1, 0.15) is 46.5 Å². The van der Waals surface area contributed by atoms with Crippen molar-refractivity contribution in [2.24, 2.45) is 0 Å². The van der Waals surface area contributed by atoms with E-state index in [0.717, 1.165) is 17.2 Å². The molecule has 0 spiro atoms. The summed E-state index contributed by atoms with van der Waals surface area (Å²) in [6.07, 6.45) is 3.08. The lowest BCUT2D eigenvalue weighted by Gasteiger charge is -2.00. The van der Waals surface area contributed by atoms with Crippen molar-refractivity contribution in [3.8, 4) is 0 Å². The van der Waals surface area contributed by atoms with Gasteiger partial charge in [-0.15, -0.1) is 0 Å². The first-order valence-electron chi connectivity index (χ1n) is 6.61. The highest BCUT2D eigenvalue weighted by Gasteiger charge is 2.26. The molecule has 2 heterocycles. The van der Waals surface area contributed by atoms with E-state index < -0.39 is 0 Å². The molecule has 1 saturated carbocycles. The Bertz CT molecular complexity index is 581. The first-order valence-corrected chi connectivity index (χ1v) is 6.61. The van der Waals surface area contributed by atoms with E-state index in [4.69, 9.17) is 4.42 Å². The fourth-order valence-electron chi connectivity index (χ4n) is 2.07. The Morgan fingerprint density at radius 1 is 1.53 bits per heavy atom. The van der Waals surface area contributed by atoms with Gasteiger partial charge in [0.25, 0.3) is 5.91 Å². The summed E-state index contributed by atoms with van der Waals surface area (Å²) in [6.45, 7) is 2.46. The number of nitrogens with one attached hydrogen (secondary N) is 2. The molecule has 2 N–H and O–H groups in total. The number of furan rings is 1. The second-order valence-electron chi connectivity index (χ2n) is 5.00. The summed E-state index contributed by atoms with van der Waals surface area (Å²) < 4.78 is 5.44. The standard InChI is InChI=1S/C14H17N3O2/c1-9-2-5-11(19-9)6-7-15-14(18)13-8-12(16-17-13)10-3-4-10/h2,5,8,10H,3-4,6-7H2,1H3,(H,15,18)(H,16,17). The molecule has 5 heteroatoms. The highest BCUT2D eigenvalue weighted by molar-refractivity contribution is 5.92. The predicted octanol–water partition coefficient (Wildman–Crippen LogP) is 2.16. The quantitative estimate of drug-likeness (QED) is 0.864. The van der Waals surface area contributed by atoms with E-state index in [-0.39, 0.29) is 5.91 Å². The van der Waals surface area contributed by atoms with Crippen LogP contribution in [0, 0.1) is 6.92 Å². The van der Waals surface area contributed by atoms with Crippen molar-refractivity contribution >= 4 is 5.91 Å². The number of carbonyl (C=O) groups excluding carboxylic acids is 1. The van der Waals surface area contributed by atoms with E-state index in [9.17, 15) is 4.79 Å². The lowest BCUT2D eigenvalue weighted by Crippen LogP contribution is -2.25. The fourth-order valence-corrected chi connectivity index (χ4v) is 2.07. The normalized spacial score (nSPS) is 14.6. The second-order valence-corrected chi connectivity index (χ2v) is 5.00. The number of hydrogen-bond acceptors (Lipinski definition) is 3. The molecule has 0 bridgehead atoms. The molecule has 2 aromatic rings. The van der Waals surface area contributed by atoms with Crippen LogP contribution in [0.15, 0.2) is 22.6 Å². The number of hydrogen-bond donors (Lipinski definition) is 2. The number of carbonyl (C=O) groups is 1. The van der Waals surface area contributed by atoms with E-state index >= 15 is 0 Å². The zero-order chi connectivity index (χ0) is 13.2. The summed E-state index contributed by atoms with van der Waals surface area (Å²) in [5.74, 6) is 2.23. The van der Waals surface area contributed by atoms with Gasteiger partial charge >= 0.3 is 0 Å². The lowest BCUT2D eigenvalue weighted by molar-refractivity contribution is 0.0948. The third kappa shape index (κ3) is 2.86. The van der Waals surface area contributed by atoms with Crippen LogP contribution >= 0.6 is 0 Å². The molecule has 2 aromatic heterocycles. The molecule has 0 saturated heterocycles. The topological polar surface area (TPSA) is 70.9 Å². The van der Waals surface area contributed by atoms with Gasteiger partial charge in [0.05, 0.1) is 0 Å². The van der Waals surface area contributed by atoms with Crippen LogP contribution in [0.3, 0.4) is 0 Å². The first kappa shape index (κ1) is 12.0. The summed E-state index contributed by atoms with van der Waals surface area (Å²) in [4.78, 5) is 11.9. The van der Waals surface area contributed by atoms with Crippen molar-refractivity contribution in [1.82, 2.24) is 15.5 Å². The average molecular weight is 259 g/mol. The number of aromatic amines is 1. The minimum absolute atomic E-state index is 0.133. The Morgan fingerprint density at radius 3 is 3.05 bits per heavy atom. The maximum absolute atomic E-state index is 11.9. The zero-order valence-corrected chi connectivity index (χ0v) is 10.9. The van der Waals surface area contributed by atoms with Gasteiger partial charge in [0, 0.05) is 24.6 Å². The SMILES string of the molecule is Cc1ccc(CCNC(=O)c2cc(C3CC3)[nH]n2)o1. The van der Waals surface area contributed by atoms with Gasteiger partial charge in [-0.1, -0.05) is 0 Å². The number of H-pyrrole nitrogens is 1. The number of rotatable bonds is 5. The molecular formula is C14H17N3O2. The van der Waals surface area contributed by atoms with E-state index in [2.05, 4.69) is 15.5 Å².